The summed E-state index contributed by atoms with van der Waals surface area (Å²) in [5, 5.41) is 0. The summed E-state index contributed by atoms with van der Waals surface area (Å²) in [6.07, 6.45) is 10.2. The Balaban J connectivity index is 1.65. The Bertz CT molecular complexity index is 676. The van der Waals surface area contributed by atoms with Gasteiger partial charge < -0.3 is 0 Å². The van der Waals surface area contributed by atoms with Crippen molar-refractivity contribution in [1.29, 1.82) is 0 Å². The maximum Gasteiger partial charge on any atom is 0.251 e. The van der Waals surface area contributed by atoms with Crippen molar-refractivity contribution in [2.24, 2.45) is 17.8 Å². The van der Waals surface area contributed by atoms with Gasteiger partial charge in [-0.15, -0.1) is 0 Å². The average molecular weight is 427 g/mol. The number of benzene rings is 1. The van der Waals surface area contributed by atoms with Crippen molar-refractivity contribution in [1.82, 2.24) is 0 Å². The predicted octanol–water partition coefficient (Wildman–Crippen LogP) is 8.82. The van der Waals surface area contributed by atoms with E-state index in [9.17, 15) is 8.78 Å². The summed E-state index contributed by atoms with van der Waals surface area (Å²) in [7, 11) is 0. The van der Waals surface area contributed by atoms with E-state index in [0.717, 1.165) is 51.4 Å². The molecule has 2 unspecified atom stereocenters. The molecule has 0 aliphatic heterocycles. The van der Waals surface area contributed by atoms with Crippen molar-refractivity contribution in [2.75, 3.05) is 0 Å². The van der Waals surface area contributed by atoms with Crippen LogP contribution in [0.25, 0.3) is 0 Å². The number of hydrogen-bond donors (Lipinski definition) is 0. The first-order valence-corrected chi connectivity index (χ1v) is 12.2. The van der Waals surface area contributed by atoms with Crippen LogP contribution < -0.4 is 0 Å². The molecule has 3 rings (SSSR count). The van der Waals surface area contributed by atoms with E-state index in [2.05, 4.69) is 13.8 Å². The molecule has 2 fully saturated rings. The minimum atomic E-state index is -2.80. The Morgan fingerprint density at radius 1 is 0.867 bits per heavy atom. The fourth-order valence-corrected chi connectivity index (χ4v) is 5.99. The van der Waals surface area contributed by atoms with Gasteiger partial charge in [-0.2, -0.15) is 0 Å². The summed E-state index contributed by atoms with van der Waals surface area (Å²) in [6, 6.07) is 3.18. The van der Waals surface area contributed by atoms with E-state index in [1.807, 2.05) is 0 Å². The standard InChI is InChI=1S/C26H38F4/c1-3-5-6-8-20-13-15-22(25(28)24(20)27)21-14-16-23(26(29,30)17-21)19-11-9-18(7-4-2)10-12-19/h13,15,18-19,21,23H,3-12,14,16-17H2,1-2H3. The molecule has 2 saturated carbocycles. The van der Waals surface area contributed by atoms with Gasteiger partial charge in [-0.25, -0.2) is 17.6 Å². The summed E-state index contributed by atoms with van der Waals surface area (Å²) in [4.78, 5) is 0. The molecule has 170 valence electrons. The first-order chi connectivity index (χ1) is 14.4. The Morgan fingerprint density at radius 2 is 1.60 bits per heavy atom. The van der Waals surface area contributed by atoms with Crippen molar-refractivity contribution in [3.05, 3.63) is 34.9 Å². The summed E-state index contributed by atoms with van der Waals surface area (Å²) in [6.45, 7) is 4.24. The van der Waals surface area contributed by atoms with Crippen LogP contribution in [0.15, 0.2) is 12.1 Å². The van der Waals surface area contributed by atoms with Gasteiger partial charge in [-0.1, -0.05) is 64.5 Å². The molecule has 0 radical (unpaired) electrons. The molecule has 0 N–H and O–H groups in total. The third-order valence-corrected chi connectivity index (χ3v) is 7.73. The van der Waals surface area contributed by atoms with Crippen LogP contribution in [0.4, 0.5) is 17.6 Å². The Labute approximate surface area is 179 Å². The van der Waals surface area contributed by atoms with Crippen molar-refractivity contribution < 1.29 is 17.6 Å². The van der Waals surface area contributed by atoms with Gasteiger partial charge in [-0.3, -0.25) is 0 Å². The second-order valence-corrected chi connectivity index (χ2v) is 9.81. The molecule has 0 spiro atoms. The van der Waals surface area contributed by atoms with Crippen LogP contribution in [0.5, 0.6) is 0 Å². The SMILES string of the molecule is CCCCCc1ccc(C2CCC(C3CCC(CCC)CC3)C(F)(F)C2)c(F)c1F. The molecule has 0 aromatic heterocycles. The summed E-state index contributed by atoms with van der Waals surface area (Å²) >= 11 is 0. The molecular formula is C26H38F4. The van der Waals surface area contributed by atoms with Crippen LogP contribution in [-0.4, -0.2) is 5.92 Å². The van der Waals surface area contributed by atoms with Gasteiger partial charge in [0, 0.05) is 12.3 Å². The van der Waals surface area contributed by atoms with Gasteiger partial charge in [-0.05, 0) is 67.4 Å². The lowest BCUT2D eigenvalue weighted by Gasteiger charge is -2.42. The lowest BCUT2D eigenvalue weighted by atomic mass is 9.66. The van der Waals surface area contributed by atoms with Crippen LogP contribution >= 0.6 is 0 Å². The Morgan fingerprint density at radius 3 is 2.23 bits per heavy atom. The monoisotopic (exact) mass is 426 g/mol. The summed E-state index contributed by atoms with van der Waals surface area (Å²) in [5.41, 5.74) is 0.519. The number of rotatable bonds is 8. The number of alkyl halides is 2. The average Bonchev–Trinajstić information content (AvgIpc) is 2.72. The highest BCUT2D eigenvalue weighted by molar-refractivity contribution is 5.30. The first-order valence-electron chi connectivity index (χ1n) is 12.2. The summed E-state index contributed by atoms with van der Waals surface area (Å²) in [5.74, 6) is -4.94. The lowest BCUT2D eigenvalue weighted by Crippen LogP contribution is -2.41. The number of halogens is 4. The van der Waals surface area contributed by atoms with E-state index in [1.54, 1.807) is 12.1 Å². The van der Waals surface area contributed by atoms with E-state index in [4.69, 9.17) is 0 Å². The van der Waals surface area contributed by atoms with Gasteiger partial charge in [0.1, 0.15) is 0 Å². The molecule has 4 heteroatoms. The Kier molecular flexibility index (Phi) is 8.26. The zero-order valence-corrected chi connectivity index (χ0v) is 18.7. The van der Waals surface area contributed by atoms with Gasteiger partial charge in [0.25, 0.3) is 5.92 Å². The highest BCUT2D eigenvalue weighted by atomic mass is 19.3. The fraction of sp³-hybridized carbons (Fsp3) is 0.769. The van der Waals surface area contributed by atoms with Crippen molar-refractivity contribution >= 4 is 0 Å². The van der Waals surface area contributed by atoms with Crippen LogP contribution in [-0.2, 0) is 6.42 Å². The first kappa shape index (κ1) is 23.6. The predicted molar refractivity (Wildman–Crippen MR) is 115 cm³/mol. The topological polar surface area (TPSA) is 0 Å². The van der Waals surface area contributed by atoms with Gasteiger partial charge >= 0.3 is 0 Å². The third kappa shape index (κ3) is 5.40. The molecule has 0 nitrogen and oxygen atoms in total. The third-order valence-electron chi connectivity index (χ3n) is 7.73. The highest BCUT2D eigenvalue weighted by Crippen LogP contribution is 2.52. The van der Waals surface area contributed by atoms with Crippen molar-refractivity contribution in [3.63, 3.8) is 0 Å². The number of aryl methyl sites for hydroxylation is 1. The van der Waals surface area contributed by atoms with Crippen LogP contribution in [0.1, 0.15) is 108 Å². The zero-order valence-electron chi connectivity index (χ0n) is 18.7. The van der Waals surface area contributed by atoms with Crippen LogP contribution in [0.3, 0.4) is 0 Å². The lowest BCUT2D eigenvalue weighted by molar-refractivity contribution is -0.119. The second-order valence-electron chi connectivity index (χ2n) is 9.81. The molecule has 1 aromatic carbocycles. The molecule has 2 aliphatic rings. The highest BCUT2D eigenvalue weighted by Gasteiger charge is 2.49. The van der Waals surface area contributed by atoms with Gasteiger partial charge in [0.2, 0.25) is 0 Å². The van der Waals surface area contributed by atoms with E-state index in [0.29, 0.717) is 30.7 Å². The largest absolute Gasteiger partial charge is 0.251 e. The molecule has 0 heterocycles. The van der Waals surface area contributed by atoms with Crippen molar-refractivity contribution in [3.8, 4) is 0 Å². The fourth-order valence-electron chi connectivity index (χ4n) is 5.99. The van der Waals surface area contributed by atoms with Gasteiger partial charge in [0.05, 0.1) is 0 Å². The minimum Gasteiger partial charge on any atom is -0.207 e. The molecule has 2 atom stereocenters. The van der Waals surface area contributed by atoms with E-state index in [-0.39, 0.29) is 17.9 Å². The van der Waals surface area contributed by atoms with E-state index < -0.39 is 29.4 Å². The Hall–Kier alpha value is -1.06. The molecule has 30 heavy (non-hydrogen) atoms. The maximum absolute atomic E-state index is 15.1. The maximum atomic E-state index is 15.1. The summed E-state index contributed by atoms with van der Waals surface area (Å²) < 4.78 is 59.6. The normalized spacial score (nSPS) is 29.1. The van der Waals surface area contributed by atoms with Crippen LogP contribution in [0.2, 0.25) is 0 Å². The zero-order chi connectivity index (χ0) is 21.7. The molecule has 0 saturated heterocycles. The van der Waals surface area contributed by atoms with E-state index >= 15 is 8.78 Å². The molecular weight excluding hydrogens is 388 g/mol. The van der Waals surface area contributed by atoms with Crippen LogP contribution in [0, 0.1) is 29.4 Å². The molecule has 1 aromatic rings. The molecule has 2 aliphatic carbocycles. The van der Waals surface area contributed by atoms with Crippen molar-refractivity contribution in [2.45, 2.75) is 109 Å². The van der Waals surface area contributed by atoms with E-state index in [1.165, 1.54) is 6.42 Å². The smallest absolute Gasteiger partial charge is 0.207 e. The van der Waals surface area contributed by atoms with Gasteiger partial charge in [0.15, 0.2) is 11.6 Å². The molecule has 0 bridgehead atoms. The quantitative estimate of drug-likeness (QED) is 0.288. The minimum absolute atomic E-state index is 0.0802. The molecule has 0 amide bonds. The number of hydrogen-bond acceptors (Lipinski definition) is 0. The number of unbranched alkanes of at least 4 members (excludes halogenated alkanes) is 2. The second kappa shape index (κ2) is 10.5.